The summed E-state index contributed by atoms with van der Waals surface area (Å²) in [6.07, 6.45) is 2.37. The summed E-state index contributed by atoms with van der Waals surface area (Å²) in [6, 6.07) is 0. The fourth-order valence-electron chi connectivity index (χ4n) is 1.51. The fraction of sp³-hybridized carbons (Fsp3) is 0.929. The summed E-state index contributed by atoms with van der Waals surface area (Å²) < 4.78 is 11.7. The minimum atomic E-state index is -0.815. The van der Waals surface area contributed by atoms with Crippen molar-refractivity contribution in [2.24, 2.45) is 10.9 Å². The van der Waals surface area contributed by atoms with Crippen molar-refractivity contribution < 1.29 is 4.21 Å². The topological polar surface area (TPSA) is 53.5 Å². The average Bonchev–Trinajstić information content (AvgIpc) is 2.30. The van der Waals surface area contributed by atoms with Crippen molar-refractivity contribution in [3.8, 4) is 0 Å². The van der Waals surface area contributed by atoms with Crippen LogP contribution in [-0.4, -0.2) is 40.8 Å². The number of nitrogens with zero attached hydrogens (tertiary/aromatic N) is 1. The van der Waals surface area contributed by atoms with E-state index in [1.807, 2.05) is 20.8 Å². The third-order valence-electron chi connectivity index (χ3n) is 2.74. The maximum Gasteiger partial charge on any atom is 0.191 e. The Balaban J connectivity index is 0. The first-order valence-corrected chi connectivity index (χ1v) is 8.42. The van der Waals surface area contributed by atoms with Gasteiger partial charge >= 0.3 is 0 Å². The number of guanidine groups is 1. The predicted molar refractivity (Wildman–Crippen MR) is 102 cm³/mol. The van der Waals surface area contributed by atoms with Crippen molar-refractivity contribution in [1.29, 1.82) is 0 Å². The van der Waals surface area contributed by atoms with Crippen molar-refractivity contribution in [2.45, 2.75) is 52.2 Å². The van der Waals surface area contributed by atoms with Crippen LogP contribution in [0.2, 0.25) is 0 Å². The molecule has 6 heteroatoms. The van der Waals surface area contributed by atoms with Gasteiger partial charge in [-0.3, -0.25) is 9.20 Å². The molecule has 0 rings (SSSR count). The van der Waals surface area contributed by atoms with Crippen LogP contribution in [-0.2, 0) is 10.8 Å². The summed E-state index contributed by atoms with van der Waals surface area (Å²) in [5.41, 5.74) is 0. The van der Waals surface area contributed by atoms with Crippen LogP contribution in [0.1, 0.15) is 47.5 Å². The smallest absolute Gasteiger partial charge is 0.191 e. The van der Waals surface area contributed by atoms with E-state index in [0.717, 1.165) is 24.8 Å². The summed E-state index contributed by atoms with van der Waals surface area (Å²) in [4.78, 5) is 4.16. The Labute approximate surface area is 144 Å². The highest BCUT2D eigenvalue weighted by atomic mass is 127. The molecule has 1 unspecified atom stereocenters. The van der Waals surface area contributed by atoms with Gasteiger partial charge in [0.05, 0.1) is 0 Å². The largest absolute Gasteiger partial charge is 0.356 e. The lowest BCUT2D eigenvalue weighted by atomic mass is 10.1. The molecule has 0 aromatic rings. The quantitative estimate of drug-likeness (QED) is 0.290. The zero-order valence-corrected chi connectivity index (χ0v) is 16.9. The highest BCUT2D eigenvalue weighted by Crippen LogP contribution is 2.10. The molecule has 0 fully saturated rings. The fourth-order valence-corrected chi connectivity index (χ4v) is 2.41. The van der Waals surface area contributed by atoms with Crippen LogP contribution in [0.25, 0.3) is 0 Å². The van der Waals surface area contributed by atoms with Crippen molar-refractivity contribution in [3.63, 3.8) is 0 Å². The van der Waals surface area contributed by atoms with E-state index in [1.54, 1.807) is 7.05 Å². The second-order valence-corrected chi connectivity index (χ2v) is 8.45. The highest BCUT2D eigenvalue weighted by molar-refractivity contribution is 14.0. The molecule has 0 amide bonds. The molecular weight excluding hydrogens is 385 g/mol. The Kier molecular flexibility index (Phi) is 13.2. The molecule has 0 aliphatic rings. The number of rotatable bonds is 7. The van der Waals surface area contributed by atoms with Crippen LogP contribution in [0.15, 0.2) is 4.99 Å². The Morgan fingerprint density at radius 3 is 2.20 bits per heavy atom. The normalized spacial score (nSPS) is 13.8. The molecule has 0 spiro atoms. The summed E-state index contributed by atoms with van der Waals surface area (Å²) >= 11 is 0. The molecule has 1 atom stereocenters. The van der Waals surface area contributed by atoms with E-state index in [4.69, 9.17) is 0 Å². The summed E-state index contributed by atoms with van der Waals surface area (Å²) in [7, 11) is 0.948. The average molecular weight is 417 g/mol. The number of hydrogen-bond donors (Lipinski definition) is 2. The Bertz CT molecular complexity index is 301. The molecule has 0 aromatic heterocycles. The van der Waals surface area contributed by atoms with Crippen LogP contribution in [0.4, 0.5) is 0 Å². The van der Waals surface area contributed by atoms with Gasteiger partial charge in [-0.25, -0.2) is 0 Å². The molecule has 0 heterocycles. The Morgan fingerprint density at radius 2 is 1.75 bits per heavy atom. The lowest BCUT2D eigenvalue weighted by Gasteiger charge is -2.18. The molecule has 0 radical (unpaired) electrons. The number of aliphatic imine (C=N–C) groups is 1. The third kappa shape index (κ3) is 11.9. The van der Waals surface area contributed by atoms with Crippen molar-refractivity contribution in [2.75, 3.05) is 25.9 Å². The van der Waals surface area contributed by atoms with Crippen LogP contribution in [0.5, 0.6) is 0 Å². The predicted octanol–water partition coefficient (Wildman–Crippen LogP) is 2.75. The number of hydrogen-bond acceptors (Lipinski definition) is 2. The van der Waals surface area contributed by atoms with Gasteiger partial charge in [0.25, 0.3) is 0 Å². The van der Waals surface area contributed by atoms with Crippen LogP contribution in [0, 0.1) is 5.92 Å². The molecule has 0 saturated heterocycles. The van der Waals surface area contributed by atoms with Crippen molar-refractivity contribution >= 4 is 40.7 Å². The SMILES string of the molecule is CN=C(NCCCC(C)C)NCCS(=O)C(C)(C)C.I. The van der Waals surface area contributed by atoms with Gasteiger partial charge in [0.2, 0.25) is 0 Å². The lowest BCUT2D eigenvalue weighted by Crippen LogP contribution is -2.40. The summed E-state index contributed by atoms with van der Waals surface area (Å²) in [6.45, 7) is 12.1. The second kappa shape index (κ2) is 11.8. The monoisotopic (exact) mass is 417 g/mol. The molecule has 20 heavy (non-hydrogen) atoms. The van der Waals surface area contributed by atoms with E-state index in [-0.39, 0.29) is 28.7 Å². The minimum Gasteiger partial charge on any atom is -0.356 e. The second-order valence-electron chi connectivity index (χ2n) is 6.12. The van der Waals surface area contributed by atoms with Gasteiger partial charge < -0.3 is 10.6 Å². The highest BCUT2D eigenvalue weighted by Gasteiger charge is 2.18. The van der Waals surface area contributed by atoms with E-state index in [2.05, 4.69) is 29.5 Å². The van der Waals surface area contributed by atoms with Gasteiger partial charge in [-0.1, -0.05) is 13.8 Å². The van der Waals surface area contributed by atoms with Gasteiger partial charge in [-0.05, 0) is 39.5 Å². The molecular formula is C14H32IN3OS. The zero-order chi connectivity index (χ0) is 14.9. The molecule has 2 N–H and O–H groups in total. The maximum absolute atomic E-state index is 11.9. The molecule has 0 bridgehead atoms. The lowest BCUT2D eigenvalue weighted by molar-refractivity contribution is 0.549. The molecule has 0 aliphatic heterocycles. The Morgan fingerprint density at radius 1 is 1.20 bits per heavy atom. The summed E-state index contributed by atoms with van der Waals surface area (Å²) in [5, 5.41) is 6.48. The van der Waals surface area contributed by atoms with E-state index < -0.39 is 10.8 Å². The minimum absolute atomic E-state index is 0. The van der Waals surface area contributed by atoms with E-state index in [1.165, 1.54) is 6.42 Å². The Hall–Kier alpha value is 0.150. The molecule has 0 aliphatic carbocycles. The van der Waals surface area contributed by atoms with Crippen LogP contribution >= 0.6 is 24.0 Å². The zero-order valence-electron chi connectivity index (χ0n) is 13.8. The van der Waals surface area contributed by atoms with Gasteiger partial charge in [0.1, 0.15) is 0 Å². The summed E-state index contributed by atoms with van der Waals surface area (Å²) in [5.74, 6) is 2.19. The molecule has 0 saturated carbocycles. The van der Waals surface area contributed by atoms with Crippen LogP contribution in [0.3, 0.4) is 0 Å². The number of halogens is 1. The molecule has 122 valence electrons. The van der Waals surface area contributed by atoms with E-state index in [9.17, 15) is 4.21 Å². The van der Waals surface area contributed by atoms with E-state index in [0.29, 0.717) is 12.3 Å². The third-order valence-corrected chi connectivity index (χ3v) is 4.68. The van der Waals surface area contributed by atoms with Gasteiger partial charge in [0.15, 0.2) is 5.96 Å². The first-order valence-electron chi connectivity index (χ1n) is 7.10. The standard InChI is InChI=1S/C14H31N3OS.HI/c1-12(2)8-7-9-16-13(15-6)17-10-11-19(18)14(3,4)5;/h12H,7-11H2,1-6H3,(H2,15,16,17);1H. The van der Waals surface area contributed by atoms with Gasteiger partial charge in [-0.2, -0.15) is 0 Å². The van der Waals surface area contributed by atoms with E-state index >= 15 is 0 Å². The van der Waals surface area contributed by atoms with Gasteiger partial charge in [-0.15, -0.1) is 24.0 Å². The van der Waals surface area contributed by atoms with Crippen LogP contribution < -0.4 is 10.6 Å². The van der Waals surface area contributed by atoms with Crippen molar-refractivity contribution in [3.05, 3.63) is 0 Å². The number of nitrogens with one attached hydrogen (secondary N) is 2. The van der Waals surface area contributed by atoms with Crippen molar-refractivity contribution in [1.82, 2.24) is 10.6 Å². The first kappa shape index (κ1) is 22.4. The van der Waals surface area contributed by atoms with Gasteiger partial charge in [0, 0.05) is 41.4 Å². The maximum atomic E-state index is 11.9. The molecule has 4 nitrogen and oxygen atoms in total. The molecule has 0 aromatic carbocycles. The first-order chi connectivity index (χ1) is 8.77.